The van der Waals surface area contributed by atoms with Crippen molar-refractivity contribution in [3.05, 3.63) is 74.6 Å². The number of rotatable bonds is 6. The Morgan fingerprint density at radius 2 is 1.93 bits per heavy atom. The third-order valence-electron chi connectivity index (χ3n) is 4.65. The number of hydrogen-bond acceptors (Lipinski definition) is 5. The first-order valence-electron chi connectivity index (χ1n) is 9.06. The molecular formula is C21H20N2O3S2. The van der Waals surface area contributed by atoms with Crippen molar-refractivity contribution < 1.29 is 14.3 Å². The van der Waals surface area contributed by atoms with E-state index < -0.39 is 0 Å². The number of benzene rings is 1. The molecule has 0 radical (unpaired) electrons. The van der Waals surface area contributed by atoms with Gasteiger partial charge in [0.1, 0.15) is 5.75 Å². The van der Waals surface area contributed by atoms with Gasteiger partial charge in [0.25, 0.3) is 5.91 Å². The van der Waals surface area contributed by atoms with Crippen molar-refractivity contribution in [2.75, 3.05) is 19.7 Å². The minimum Gasteiger partial charge on any atom is -0.484 e. The van der Waals surface area contributed by atoms with Crippen LogP contribution in [0.1, 0.15) is 21.4 Å². The average Bonchev–Trinajstić information content (AvgIpc) is 3.42. The third-order valence-corrected chi connectivity index (χ3v) is 6.57. The topological polar surface area (TPSA) is 58.6 Å². The van der Waals surface area contributed by atoms with E-state index in [9.17, 15) is 9.59 Å². The molecule has 2 amide bonds. The van der Waals surface area contributed by atoms with Crippen molar-refractivity contribution in [2.45, 2.75) is 12.5 Å². The lowest BCUT2D eigenvalue weighted by Crippen LogP contribution is -2.45. The molecule has 28 heavy (non-hydrogen) atoms. The Bertz CT molecular complexity index is 938. The molecule has 7 heteroatoms. The van der Waals surface area contributed by atoms with Crippen LogP contribution < -0.4 is 10.1 Å². The molecule has 1 aromatic carbocycles. The van der Waals surface area contributed by atoms with E-state index in [1.54, 1.807) is 34.8 Å². The zero-order valence-corrected chi connectivity index (χ0v) is 16.8. The Balaban J connectivity index is 1.38. The first kappa shape index (κ1) is 18.7. The molecule has 0 saturated carbocycles. The van der Waals surface area contributed by atoms with Crippen LogP contribution >= 0.6 is 22.7 Å². The average molecular weight is 413 g/mol. The molecule has 1 aliphatic rings. The molecule has 3 heterocycles. The molecule has 3 aromatic rings. The van der Waals surface area contributed by atoms with Gasteiger partial charge in [-0.1, -0.05) is 24.3 Å². The summed E-state index contributed by atoms with van der Waals surface area (Å²) in [5.74, 6) is 0.240. The molecule has 0 spiro atoms. The molecule has 4 rings (SSSR count). The summed E-state index contributed by atoms with van der Waals surface area (Å²) in [6.45, 7) is 0.518. The summed E-state index contributed by atoms with van der Waals surface area (Å²) in [6, 6.07) is 15.3. The van der Waals surface area contributed by atoms with E-state index in [2.05, 4.69) is 22.8 Å². The van der Waals surface area contributed by atoms with Crippen molar-refractivity contribution in [3.8, 4) is 5.75 Å². The second-order valence-electron chi connectivity index (χ2n) is 6.43. The highest BCUT2D eigenvalue weighted by molar-refractivity contribution is 7.10. The van der Waals surface area contributed by atoms with Crippen molar-refractivity contribution in [1.82, 2.24) is 10.2 Å². The maximum absolute atomic E-state index is 12.9. The monoisotopic (exact) mass is 412 g/mol. The van der Waals surface area contributed by atoms with Gasteiger partial charge in [-0.25, -0.2) is 0 Å². The Labute approximate surface area is 171 Å². The number of carbonyl (C=O) groups is 2. The lowest BCUT2D eigenvalue weighted by Gasteiger charge is -2.35. The van der Waals surface area contributed by atoms with Crippen LogP contribution in [0.25, 0.3) is 0 Å². The Morgan fingerprint density at radius 1 is 1.07 bits per heavy atom. The van der Waals surface area contributed by atoms with Gasteiger partial charge >= 0.3 is 0 Å². The first-order chi connectivity index (χ1) is 13.7. The lowest BCUT2D eigenvalue weighted by atomic mass is 9.98. The summed E-state index contributed by atoms with van der Waals surface area (Å²) in [7, 11) is 0. The molecular weight excluding hydrogens is 392 g/mol. The van der Waals surface area contributed by atoms with Crippen LogP contribution in [0.15, 0.2) is 59.3 Å². The zero-order valence-electron chi connectivity index (χ0n) is 15.2. The predicted octanol–water partition coefficient (Wildman–Crippen LogP) is 3.48. The molecule has 0 aliphatic carbocycles. The van der Waals surface area contributed by atoms with Gasteiger partial charge in [-0.15, -0.1) is 22.7 Å². The number of carbonyl (C=O) groups excluding carboxylic acids is 2. The Hall–Kier alpha value is -2.64. The van der Waals surface area contributed by atoms with Gasteiger partial charge in [0, 0.05) is 16.3 Å². The van der Waals surface area contributed by atoms with Crippen LogP contribution in [0, 0.1) is 0 Å². The Kier molecular flexibility index (Phi) is 5.73. The first-order valence-corrected chi connectivity index (χ1v) is 10.8. The maximum Gasteiger partial charge on any atom is 0.258 e. The van der Waals surface area contributed by atoms with Gasteiger partial charge in [0.15, 0.2) is 6.61 Å². The molecule has 0 bridgehead atoms. The number of amides is 2. The largest absolute Gasteiger partial charge is 0.484 e. The molecule has 0 fully saturated rings. The molecule has 1 N–H and O–H groups in total. The van der Waals surface area contributed by atoms with Gasteiger partial charge in [-0.2, -0.15) is 0 Å². The van der Waals surface area contributed by atoms with Crippen LogP contribution in [-0.4, -0.2) is 36.4 Å². The molecule has 2 aromatic heterocycles. The van der Waals surface area contributed by atoms with E-state index in [0.29, 0.717) is 12.3 Å². The van der Waals surface area contributed by atoms with Crippen molar-refractivity contribution >= 4 is 34.5 Å². The molecule has 0 unspecified atom stereocenters. The lowest BCUT2D eigenvalue weighted by molar-refractivity contribution is -0.134. The number of thiophene rings is 2. The Morgan fingerprint density at radius 3 is 2.71 bits per heavy atom. The molecule has 144 valence electrons. The van der Waals surface area contributed by atoms with Crippen molar-refractivity contribution in [3.63, 3.8) is 0 Å². The van der Waals surface area contributed by atoms with Gasteiger partial charge in [-0.05, 0) is 47.0 Å². The van der Waals surface area contributed by atoms with Crippen LogP contribution in [0.5, 0.6) is 5.75 Å². The number of hydrogen-bond donors (Lipinski definition) is 1. The van der Waals surface area contributed by atoms with Crippen LogP contribution in [0.4, 0.5) is 0 Å². The van der Waals surface area contributed by atoms with Gasteiger partial charge in [-0.3, -0.25) is 9.59 Å². The number of para-hydroxylation sites is 1. The van der Waals surface area contributed by atoms with Gasteiger partial charge < -0.3 is 15.0 Å². The van der Waals surface area contributed by atoms with E-state index in [4.69, 9.17) is 4.74 Å². The standard InChI is InChI=1S/C21H20N2O3S2/c24-19(14-26-15-5-2-1-3-6-15)22-13-20(25)23-10-8-17-16(9-12-28-17)21(23)18-7-4-11-27-18/h1-7,9,11-12,21H,8,10,13-14H2,(H,22,24)/t21-/m0/s1. The fraction of sp³-hybridized carbons (Fsp3) is 0.238. The number of ether oxygens (including phenoxy) is 1. The van der Waals surface area contributed by atoms with Gasteiger partial charge in [0.2, 0.25) is 5.91 Å². The highest BCUT2D eigenvalue weighted by Crippen LogP contribution is 2.39. The van der Waals surface area contributed by atoms with Gasteiger partial charge in [0.05, 0.1) is 12.6 Å². The molecule has 5 nitrogen and oxygen atoms in total. The fourth-order valence-corrected chi connectivity index (χ4v) is 5.09. The molecule has 0 saturated heterocycles. The van der Waals surface area contributed by atoms with Crippen molar-refractivity contribution in [2.24, 2.45) is 0 Å². The number of nitrogens with one attached hydrogen (secondary N) is 1. The summed E-state index contributed by atoms with van der Waals surface area (Å²) in [6.07, 6.45) is 0.853. The predicted molar refractivity (Wildman–Crippen MR) is 111 cm³/mol. The normalized spacial score (nSPS) is 15.7. The van der Waals surface area contributed by atoms with Crippen molar-refractivity contribution in [1.29, 1.82) is 0 Å². The minimum absolute atomic E-state index is 0.0294. The summed E-state index contributed by atoms with van der Waals surface area (Å²) in [5, 5.41) is 6.80. The second kappa shape index (κ2) is 8.58. The maximum atomic E-state index is 12.9. The fourth-order valence-electron chi connectivity index (χ4n) is 3.33. The summed E-state index contributed by atoms with van der Waals surface area (Å²) in [5.41, 5.74) is 1.20. The minimum atomic E-state index is -0.307. The zero-order chi connectivity index (χ0) is 19.3. The smallest absolute Gasteiger partial charge is 0.258 e. The molecule has 1 aliphatic heterocycles. The highest BCUT2D eigenvalue weighted by atomic mass is 32.1. The summed E-state index contributed by atoms with van der Waals surface area (Å²) >= 11 is 3.39. The summed E-state index contributed by atoms with van der Waals surface area (Å²) < 4.78 is 5.43. The summed E-state index contributed by atoms with van der Waals surface area (Å²) in [4.78, 5) is 29.3. The highest BCUT2D eigenvalue weighted by Gasteiger charge is 2.33. The quantitative estimate of drug-likeness (QED) is 0.674. The van der Waals surface area contributed by atoms with Crippen LogP contribution in [-0.2, 0) is 16.0 Å². The SMILES string of the molecule is O=C(COc1ccccc1)NCC(=O)N1CCc2sccc2[C@H]1c1cccs1. The second-order valence-corrected chi connectivity index (χ2v) is 8.41. The van der Waals surface area contributed by atoms with Crippen LogP contribution in [0.2, 0.25) is 0 Å². The number of fused-ring (bicyclic) bond motifs is 1. The third kappa shape index (κ3) is 4.10. The van der Waals surface area contributed by atoms with E-state index in [1.165, 1.54) is 10.4 Å². The van der Waals surface area contributed by atoms with E-state index in [1.807, 2.05) is 34.5 Å². The molecule has 1 atom stereocenters. The van der Waals surface area contributed by atoms with Crippen LogP contribution in [0.3, 0.4) is 0 Å². The number of nitrogens with zero attached hydrogens (tertiary/aromatic N) is 1. The van der Waals surface area contributed by atoms with E-state index >= 15 is 0 Å². The van der Waals surface area contributed by atoms with E-state index in [-0.39, 0.29) is 31.0 Å². The van der Waals surface area contributed by atoms with E-state index in [0.717, 1.165) is 11.3 Å².